The number of alkyl halides is 3. The molecule has 0 aromatic carbocycles. The molecular formula is C12H20F3N5O. The number of aromatic nitrogens is 3. The van der Waals surface area contributed by atoms with Crippen molar-refractivity contribution in [2.45, 2.75) is 38.5 Å². The molecule has 1 aromatic rings. The van der Waals surface area contributed by atoms with Crippen LogP contribution in [0.3, 0.4) is 0 Å². The first kappa shape index (κ1) is 16.0. The molecule has 0 amide bonds. The van der Waals surface area contributed by atoms with E-state index in [4.69, 9.17) is 0 Å². The zero-order valence-electron chi connectivity index (χ0n) is 11.8. The van der Waals surface area contributed by atoms with Gasteiger partial charge in [-0.1, -0.05) is 0 Å². The maximum Gasteiger partial charge on any atom is 0.401 e. The second kappa shape index (κ2) is 6.61. The smallest absolute Gasteiger partial charge is 0.307 e. The fraction of sp³-hybridized carbons (Fsp3) is 0.833. The molecule has 21 heavy (non-hydrogen) atoms. The largest absolute Gasteiger partial charge is 0.401 e. The number of H-pyrrole nitrogens is 2. The van der Waals surface area contributed by atoms with Crippen molar-refractivity contribution in [2.24, 2.45) is 5.92 Å². The average molecular weight is 307 g/mol. The monoisotopic (exact) mass is 307 g/mol. The molecule has 1 aliphatic heterocycles. The third kappa shape index (κ3) is 5.16. The number of nitrogens with one attached hydrogen (secondary N) is 3. The molecule has 1 fully saturated rings. The van der Waals surface area contributed by atoms with Crippen LogP contribution in [-0.2, 0) is 6.54 Å². The first-order valence-electron chi connectivity index (χ1n) is 6.99. The summed E-state index contributed by atoms with van der Waals surface area (Å²) in [5, 5.41) is 9.33. The van der Waals surface area contributed by atoms with Gasteiger partial charge in [0.25, 0.3) is 0 Å². The molecule has 0 bridgehead atoms. The number of likely N-dealkylation sites (tertiary alicyclic amines) is 1. The van der Waals surface area contributed by atoms with Crippen LogP contribution in [0.15, 0.2) is 4.79 Å². The number of aromatic amines is 2. The third-order valence-corrected chi connectivity index (χ3v) is 3.88. The Morgan fingerprint density at radius 2 is 2.10 bits per heavy atom. The number of rotatable bonds is 5. The molecular weight excluding hydrogens is 287 g/mol. The summed E-state index contributed by atoms with van der Waals surface area (Å²) >= 11 is 0. The van der Waals surface area contributed by atoms with E-state index < -0.39 is 12.7 Å². The third-order valence-electron chi connectivity index (χ3n) is 3.88. The van der Waals surface area contributed by atoms with E-state index in [1.807, 2.05) is 6.92 Å². The second-order valence-corrected chi connectivity index (χ2v) is 5.52. The van der Waals surface area contributed by atoms with Crippen molar-refractivity contribution >= 4 is 0 Å². The highest BCUT2D eigenvalue weighted by Crippen LogP contribution is 2.24. The van der Waals surface area contributed by atoms with E-state index in [0.29, 0.717) is 31.4 Å². The summed E-state index contributed by atoms with van der Waals surface area (Å²) in [7, 11) is 0. The Balaban J connectivity index is 1.72. The predicted molar refractivity (Wildman–Crippen MR) is 70.7 cm³/mol. The van der Waals surface area contributed by atoms with Crippen LogP contribution in [0, 0.1) is 5.92 Å². The van der Waals surface area contributed by atoms with Crippen molar-refractivity contribution in [1.29, 1.82) is 0 Å². The van der Waals surface area contributed by atoms with E-state index in [1.54, 1.807) is 0 Å². The Hall–Kier alpha value is -1.35. The van der Waals surface area contributed by atoms with Crippen molar-refractivity contribution in [3.8, 4) is 0 Å². The van der Waals surface area contributed by atoms with Gasteiger partial charge in [0.2, 0.25) is 0 Å². The molecule has 0 spiro atoms. The Labute approximate surface area is 120 Å². The molecule has 6 nitrogen and oxygen atoms in total. The van der Waals surface area contributed by atoms with Gasteiger partial charge in [0.1, 0.15) is 5.82 Å². The lowest BCUT2D eigenvalue weighted by Crippen LogP contribution is -2.44. The fourth-order valence-electron chi connectivity index (χ4n) is 2.68. The quantitative estimate of drug-likeness (QED) is 0.754. The first-order valence-corrected chi connectivity index (χ1v) is 6.99. The molecule has 0 aliphatic carbocycles. The molecule has 2 heterocycles. The minimum Gasteiger partial charge on any atom is -0.307 e. The molecule has 120 valence electrons. The standard InChI is InChI=1S/C12H20F3N5O/c1-8(16-6-10-17-11(21)19-18-10)9-2-4-20(5-3-9)7-12(13,14)15/h8-9,16H,2-7H2,1H3,(H2,17,18,19,21). The lowest BCUT2D eigenvalue weighted by atomic mass is 9.90. The Kier molecular flexibility index (Phi) is 5.04. The summed E-state index contributed by atoms with van der Waals surface area (Å²) in [6, 6.07) is 0.165. The summed E-state index contributed by atoms with van der Waals surface area (Å²) < 4.78 is 36.9. The van der Waals surface area contributed by atoms with Crippen molar-refractivity contribution in [3.05, 3.63) is 16.3 Å². The first-order chi connectivity index (χ1) is 9.83. The lowest BCUT2D eigenvalue weighted by molar-refractivity contribution is -0.148. The summed E-state index contributed by atoms with van der Waals surface area (Å²) in [6.45, 7) is 2.55. The molecule has 1 atom stereocenters. The number of piperidine rings is 1. The molecule has 2 rings (SSSR count). The van der Waals surface area contributed by atoms with Crippen molar-refractivity contribution in [1.82, 2.24) is 25.4 Å². The summed E-state index contributed by atoms with van der Waals surface area (Å²) in [4.78, 5) is 14.9. The highest BCUT2D eigenvalue weighted by atomic mass is 19.4. The van der Waals surface area contributed by atoms with Crippen LogP contribution in [0.4, 0.5) is 13.2 Å². The molecule has 0 saturated carbocycles. The minimum atomic E-state index is -4.12. The second-order valence-electron chi connectivity index (χ2n) is 5.52. The van der Waals surface area contributed by atoms with Gasteiger partial charge in [0, 0.05) is 6.04 Å². The lowest BCUT2D eigenvalue weighted by Gasteiger charge is -2.35. The molecule has 3 N–H and O–H groups in total. The highest BCUT2D eigenvalue weighted by Gasteiger charge is 2.33. The van der Waals surface area contributed by atoms with Crippen LogP contribution >= 0.6 is 0 Å². The predicted octanol–water partition coefficient (Wildman–Crippen LogP) is 0.850. The molecule has 1 aromatic heterocycles. The van der Waals surface area contributed by atoms with Crippen LogP contribution in [0.5, 0.6) is 0 Å². The Morgan fingerprint density at radius 1 is 1.43 bits per heavy atom. The minimum absolute atomic E-state index is 0.165. The number of halogens is 3. The van der Waals surface area contributed by atoms with Gasteiger partial charge in [-0.2, -0.15) is 18.3 Å². The summed E-state index contributed by atoms with van der Waals surface area (Å²) in [5.74, 6) is 0.863. The zero-order chi connectivity index (χ0) is 15.5. The van der Waals surface area contributed by atoms with Crippen LogP contribution in [0.2, 0.25) is 0 Å². The van der Waals surface area contributed by atoms with E-state index in [9.17, 15) is 18.0 Å². The SMILES string of the molecule is CC(NCc1n[nH]c(=O)[nH]1)C1CCN(CC(F)(F)F)CC1. The van der Waals surface area contributed by atoms with E-state index in [2.05, 4.69) is 20.5 Å². The zero-order valence-corrected chi connectivity index (χ0v) is 11.8. The summed E-state index contributed by atoms with van der Waals surface area (Å²) in [5.41, 5.74) is -0.347. The van der Waals surface area contributed by atoms with Crippen molar-refractivity contribution in [3.63, 3.8) is 0 Å². The Morgan fingerprint density at radius 3 is 2.62 bits per heavy atom. The fourth-order valence-corrected chi connectivity index (χ4v) is 2.68. The van der Waals surface area contributed by atoms with Crippen LogP contribution in [-0.4, -0.2) is 51.9 Å². The number of hydrogen-bond acceptors (Lipinski definition) is 4. The maximum absolute atomic E-state index is 12.3. The van der Waals surface area contributed by atoms with Gasteiger partial charge in [-0.05, 0) is 38.8 Å². The average Bonchev–Trinajstić information content (AvgIpc) is 2.81. The van der Waals surface area contributed by atoms with Crippen molar-refractivity contribution in [2.75, 3.05) is 19.6 Å². The molecule has 0 radical (unpaired) electrons. The number of hydrogen-bond donors (Lipinski definition) is 3. The van der Waals surface area contributed by atoms with Crippen LogP contribution < -0.4 is 11.0 Å². The molecule has 1 saturated heterocycles. The van der Waals surface area contributed by atoms with E-state index >= 15 is 0 Å². The molecule has 9 heteroatoms. The summed E-state index contributed by atoms with van der Waals surface area (Å²) in [6.07, 6.45) is -2.65. The topological polar surface area (TPSA) is 76.8 Å². The maximum atomic E-state index is 12.3. The van der Waals surface area contributed by atoms with Crippen LogP contribution in [0.25, 0.3) is 0 Å². The van der Waals surface area contributed by atoms with Crippen molar-refractivity contribution < 1.29 is 13.2 Å². The number of nitrogens with zero attached hydrogens (tertiary/aromatic N) is 2. The normalized spacial score (nSPS) is 19.8. The van der Waals surface area contributed by atoms with Gasteiger partial charge in [0.15, 0.2) is 0 Å². The van der Waals surface area contributed by atoms with E-state index in [1.165, 1.54) is 4.90 Å². The van der Waals surface area contributed by atoms with Gasteiger partial charge >= 0.3 is 11.9 Å². The van der Waals surface area contributed by atoms with E-state index in [0.717, 1.165) is 12.8 Å². The highest BCUT2D eigenvalue weighted by molar-refractivity contribution is 4.84. The van der Waals surface area contributed by atoms with E-state index in [-0.39, 0.29) is 11.7 Å². The van der Waals surface area contributed by atoms with Gasteiger partial charge in [-0.3, -0.25) is 9.88 Å². The Bertz CT molecular complexity index is 490. The molecule has 1 aliphatic rings. The van der Waals surface area contributed by atoms with Gasteiger partial charge < -0.3 is 5.32 Å². The van der Waals surface area contributed by atoms with Gasteiger partial charge in [-0.15, -0.1) is 0 Å². The molecule has 1 unspecified atom stereocenters. The van der Waals surface area contributed by atoms with Gasteiger partial charge in [0.05, 0.1) is 13.1 Å². The van der Waals surface area contributed by atoms with Gasteiger partial charge in [-0.25, -0.2) is 9.89 Å². The van der Waals surface area contributed by atoms with Crippen LogP contribution in [0.1, 0.15) is 25.6 Å².